The summed E-state index contributed by atoms with van der Waals surface area (Å²) in [6, 6.07) is 10.6. The fourth-order valence-electron chi connectivity index (χ4n) is 3.36. The average molecular weight is 456 g/mol. The molecule has 1 amide bonds. The molecule has 0 atom stereocenters. The van der Waals surface area contributed by atoms with E-state index in [-0.39, 0.29) is 23.2 Å². The lowest BCUT2D eigenvalue weighted by Crippen LogP contribution is -2.31. The van der Waals surface area contributed by atoms with Gasteiger partial charge in [0.25, 0.3) is 17.2 Å². The molecule has 3 heterocycles. The van der Waals surface area contributed by atoms with Crippen molar-refractivity contribution in [2.45, 2.75) is 39.7 Å². The molecule has 0 fully saturated rings. The Morgan fingerprint density at radius 3 is 2.68 bits per heavy atom. The number of amides is 1. The number of benzene rings is 1. The number of anilines is 1. The van der Waals surface area contributed by atoms with Crippen LogP contribution in [0.5, 0.6) is 0 Å². The van der Waals surface area contributed by atoms with Crippen LogP contribution in [-0.4, -0.2) is 25.5 Å². The van der Waals surface area contributed by atoms with Gasteiger partial charge in [0.1, 0.15) is 0 Å². The minimum absolute atomic E-state index is 0.176. The highest BCUT2D eigenvalue weighted by molar-refractivity contribution is 7.09. The smallest absolute Gasteiger partial charge is 0.272 e. The van der Waals surface area contributed by atoms with Crippen molar-refractivity contribution in [3.8, 4) is 0 Å². The van der Waals surface area contributed by atoms with Crippen LogP contribution < -0.4 is 10.5 Å². The van der Waals surface area contributed by atoms with Gasteiger partial charge in [0.15, 0.2) is 0 Å². The number of hydrogen-bond donors (Lipinski definition) is 1. The molecule has 7 nitrogen and oxygen atoms in total. The number of aromatic amines is 1. The van der Waals surface area contributed by atoms with E-state index < -0.39 is 0 Å². The molecular weight excluding hydrogens is 434 g/mol. The summed E-state index contributed by atoms with van der Waals surface area (Å²) >= 11 is 7.52. The summed E-state index contributed by atoms with van der Waals surface area (Å²) in [6.45, 7) is 4.22. The first-order valence-corrected chi connectivity index (χ1v) is 11.3. The summed E-state index contributed by atoms with van der Waals surface area (Å²) in [4.78, 5) is 37.8. The zero-order valence-corrected chi connectivity index (χ0v) is 18.8. The number of rotatable bonds is 7. The minimum Gasteiger partial charge on any atom is -0.272 e. The zero-order valence-electron chi connectivity index (χ0n) is 17.3. The van der Waals surface area contributed by atoms with Crippen molar-refractivity contribution in [1.82, 2.24) is 19.6 Å². The monoisotopic (exact) mass is 455 g/mol. The lowest BCUT2D eigenvalue weighted by Gasteiger charge is -2.19. The van der Waals surface area contributed by atoms with Crippen LogP contribution in [0.2, 0.25) is 5.02 Å². The SMILES string of the molecule is CCCCc1c(C)nc2nc(N(Cc3cccs3)C(=O)c3ccc(Cl)cc3)[nH]n2c1=O. The molecule has 0 spiro atoms. The van der Waals surface area contributed by atoms with Crippen molar-refractivity contribution in [2.24, 2.45) is 0 Å². The van der Waals surface area contributed by atoms with Crippen LogP contribution in [0.4, 0.5) is 5.95 Å². The predicted octanol–water partition coefficient (Wildman–Crippen LogP) is 4.63. The number of aromatic nitrogens is 4. The molecule has 160 valence electrons. The number of nitrogens with zero attached hydrogens (tertiary/aromatic N) is 4. The van der Waals surface area contributed by atoms with Gasteiger partial charge in [0.2, 0.25) is 5.95 Å². The first-order valence-electron chi connectivity index (χ1n) is 10.1. The van der Waals surface area contributed by atoms with Crippen LogP contribution in [0.25, 0.3) is 5.78 Å². The second-order valence-electron chi connectivity index (χ2n) is 7.24. The lowest BCUT2D eigenvalue weighted by atomic mass is 10.1. The van der Waals surface area contributed by atoms with Crippen LogP contribution in [0.15, 0.2) is 46.6 Å². The predicted molar refractivity (Wildman–Crippen MR) is 123 cm³/mol. The highest BCUT2D eigenvalue weighted by atomic mass is 35.5. The number of thiophene rings is 1. The van der Waals surface area contributed by atoms with Crippen molar-refractivity contribution >= 4 is 40.6 Å². The number of carbonyl (C=O) groups is 1. The number of nitrogens with one attached hydrogen (secondary N) is 1. The third-order valence-electron chi connectivity index (χ3n) is 5.05. The number of carbonyl (C=O) groups excluding carboxylic acids is 1. The summed E-state index contributed by atoms with van der Waals surface area (Å²) in [5.74, 6) is 0.267. The Bertz CT molecular complexity index is 1260. The third kappa shape index (κ3) is 4.40. The maximum absolute atomic E-state index is 13.3. The Morgan fingerprint density at radius 1 is 1.23 bits per heavy atom. The minimum atomic E-state index is -0.250. The van der Waals surface area contributed by atoms with Crippen LogP contribution in [0.1, 0.15) is 46.3 Å². The van der Waals surface area contributed by atoms with E-state index in [9.17, 15) is 9.59 Å². The molecule has 0 bridgehead atoms. The molecule has 0 aliphatic carbocycles. The van der Waals surface area contributed by atoms with Crippen molar-refractivity contribution in [2.75, 3.05) is 4.90 Å². The van der Waals surface area contributed by atoms with Crippen molar-refractivity contribution in [1.29, 1.82) is 0 Å². The number of halogens is 1. The molecule has 1 N–H and O–H groups in total. The van der Waals surface area contributed by atoms with Crippen LogP contribution in [0, 0.1) is 6.92 Å². The molecule has 0 unspecified atom stereocenters. The summed E-state index contributed by atoms with van der Waals surface area (Å²) in [7, 11) is 0. The van der Waals surface area contributed by atoms with E-state index in [4.69, 9.17) is 11.6 Å². The molecule has 0 saturated carbocycles. The zero-order chi connectivity index (χ0) is 22.0. The Labute approximate surface area is 188 Å². The average Bonchev–Trinajstić information content (AvgIpc) is 3.42. The molecule has 0 radical (unpaired) electrons. The topological polar surface area (TPSA) is 83.4 Å². The molecule has 4 rings (SSSR count). The van der Waals surface area contributed by atoms with Gasteiger partial charge in [-0.05, 0) is 55.5 Å². The van der Waals surface area contributed by atoms with E-state index in [1.165, 1.54) is 9.42 Å². The van der Waals surface area contributed by atoms with Gasteiger partial charge in [-0.2, -0.15) is 9.50 Å². The van der Waals surface area contributed by atoms with Crippen molar-refractivity contribution in [3.05, 3.63) is 78.9 Å². The first-order chi connectivity index (χ1) is 15.0. The quantitative estimate of drug-likeness (QED) is 0.440. The molecular formula is C22H22ClN5O2S. The van der Waals surface area contributed by atoms with Crippen molar-refractivity contribution < 1.29 is 4.79 Å². The Balaban J connectivity index is 1.78. The largest absolute Gasteiger partial charge is 0.277 e. The highest BCUT2D eigenvalue weighted by Crippen LogP contribution is 2.21. The molecule has 0 saturated heterocycles. The van der Waals surface area contributed by atoms with Gasteiger partial charge in [-0.15, -0.1) is 11.3 Å². The van der Waals surface area contributed by atoms with Crippen LogP contribution in [-0.2, 0) is 13.0 Å². The summed E-state index contributed by atoms with van der Waals surface area (Å²) in [5, 5.41) is 5.50. The van der Waals surface area contributed by atoms with Gasteiger partial charge in [-0.25, -0.2) is 4.98 Å². The fourth-order valence-corrected chi connectivity index (χ4v) is 4.17. The number of H-pyrrole nitrogens is 1. The van der Waals surface area contributed by atoms with Gasteiger partial charge in [0.05, 0.1) is 12.2 Å². The van der Waals surface area contributed by atoms with Crippen LogP contribution in [0.3, 0.4) is 0 Å². The molecule has 9 heteroatoms. The summed E-state index contributed by atoms with van der Waals surface area (Å²) in [5.41, 5.74) is 1.64. The molecule has 31 heavy (non-hydrogen) atoms. The number of unbranched alkanes of at least 4 members (excludes halogenated alkanes) is 1. The Morgan fingerprint density at radius 2 is 2.00 bits per heavy atom. The Kier molecular flexibility index (Phi) is 6.20. The normalized spacial score (nSPS) is 11.2. The maximum Gasteiger partial charge on any atom is 0.277 e. The molecule has 0 aliphatic rings. The first kappa shape index (κ1) is 21.3. The van der Waals surface area contributed by atoms with E-state index in [1.54, 1.807) is 35.6 Å². The van der Waals surface area contributed by atoms with Gasteiger partial charge in [-0.3, -0.25) is 19.6 Å². The van der Waals surface area contributed by atoms with Gasteiger partial charge in [0, 0.05) is 21.0 Å². The van der Waals surface area contributed by atoms with E-state index >= 15 is 0 Å². The van der Waals surface area contributed by atoms with E-state index in [0.717, 1.165) is 17.7 Å². The van der Waals surface area contributed by atoms with Crippen LogP contribution >= 0.6 is 22.9 Å². The molecule has 3 aromatic heterocycles. The number of hydrogen-bond acceptors (Lipinski definition) is 5. The van der Waals surface area contributed by atoms with Crippen molar-refractivity contribution in [3.63, 3.8) is 0 Å². The number of aryl methyl sites for hydroxylation is 1. The van der Waals surface area contributed by atoms with Gasteiger partial charge < -0.3 is 0 Å². The molecule has 0 aliphatic heterocycles. The maximum atomic E-state index is 13.3. The standard InChI is InChI=1S/C22H22ClN5O2S/c1-3-4-7-18-14(2)24-21-25-22(26-28(21)20(18)30)27(13-17-6-5-12-31-17)19(29)15-8-10-16(23)11-9-15/h5-6,8-12H,3-4,7,13H2,1-2H3,(H,24,25,26). The highest BCUT2D eigenvalue weighted by Gasteiger charge is 2.23. The Hall–Kier alpha value is -2.97. The second-order valence-corrected chi connectivity index (χ2v) is 8.71. The lowest BCUT2D eigenvalue weighted by molar-refractivity contribution is 0.0983. The summed E-state index contributed by atoms with van der Waals surface area (Å²) in [6.07, 6.45) is 2.55. The fraction of sp³-hybridized carbons (Fsp3) is 0.273. The number of fused-ring (bicyclic) bond motifs is 1. The summed E-state index contributed by atoms with van der Waals surface area (Å²) < 4.78 is 1.32. The van der Waals surface area contributed by atoms with E-state index in [2.05, 4.69) is 22.0 Å². The van der Waals surface area contributed by atoms with Gasteiger partial charge >= 0.3 is 0 Å². The van der Waals surface area contributed by atoms with E-state index in [0.29, 0.717) is 34.8 Å². The third-order valence-corrected chi connectivity index (χ3v) is 6.16. The second kappa shape index (κ2) is 9.03. The molecule has 1 aromatic carbocycles. The molecule has 4 aromatic rings. The van der Waals surface area contributed by atoms with E-state index in [1.807, 2.05) is 24.4 Å². The van der Waals surface area contributed by atoms with Gasteiger partial charge in [-0.1, -0.05) is 31.0 Å².